The van der Waals surface area contributed by atoms with Crippen LogP contribution in [0.1, 0.15) is 93.4 Å². The molecule has 0 saturated heterocycles. The molecule has 3 N–H and O–H groups in total. The van der Waals surface area contributed by atoms with Gasteiger partial charge in [0, 0.05) is 19.8 Å². The summed E-state index contributed by atoms with van der Waals surface area (Å²) in [7, 11) is 0. The maximum absolute atomic E-state index is 9.49. The van der Waals surface area contributed by atoms with E-state index in [9.17, 15) is 15.3 Å². The summed E-state index contributed by atoms with van der Waals surface area (Å²) in [6.45, 7) is 2.62. The van der Waals surface area contributed by atoms with Crippen molar-refractivity contribution in [2.75, 3.05) is 19.8 Å². The van der Waals surface area contributed by atoms with Gasteiger partial charge in [0.2, 0.25) is 0 Å². The van der Waals surface area contributed by atoms with Gasteiger partial charge in [0.05, 0.1) is 0 Å². The highest BCUT2D eigenvalue weighted by molar-refractivity contribution is 5.42. The summed E-state index contributed by atoms with van der Waals surface area (Å²) < 4.78 is 0. The number of rotatable bonds is 17. The van der Waals surface area contributed by atoms with Crippen LogP contribution in [-0.2, 0) is 25.7 Å². The van der Waals surface area contributed by atoms with Crippen molar-refractivity contribution >= 4 is 0 Å². The first-order valence-corrected chi connectivity index (χ1v) is 11.2. The van der Waals surface area contributed by atoms with Crippen LogP contribution in [-0.4, -0.2) is 35.1 Å². The first-order valence-electron chi connectivity index (χ1n) is 11.2. The minimum Gasteiger partial charge on any atom is -0.396 e. The molecule has 1 rings (SSSR count). The highest BCUT2D eigenvalue weighted by Gasteiger charge is 2.12. The van der Waals surface area contributed by atoms with Gasteiger partial charge in [-0.15, -0.1) is 0 Å². The number of aliphatic hydroxyl groups excluding tert-OH is 3. The summed E-state index contributed by atoms with van der Waals surface area (Å²) in [5.74, 6) is 0. The molecule has 1 aromatic carbocycles. The summed E-state index contributed by atoms with van der Waals surface area (Å²) in [4.78, 5) is 0. The molecule has 0 atom stereocenters. The van der Waals surface area contributed by atoms with Gasteiger partial charge in [0.25, 0.3) is 0 Å². The maximum atomic E-state index is 9.49. The summed E-state index contributed by atoms with van der Waals surface area (Å²) in [6.07, 6.45) is 16.3. The molecule has 3 nitrogen and oxygen atoms in total. The third-order valence-corrected chi connectivity index (χ3v) is 5.53. The largest absolute Gasteiger partial charge is 0.396 e. The SMILES string of the molecule is CCCCCCCCCCCCc1ccc(CCO)c(CCO)c1CCO. The van der Waals surface area contributed by atoms with Crippen molar-refractivity contribution in [2.24, 2.45) is 0 Å². The number of unbranched alkanes of at least 4 members (excludes halogenated alkanes) is 9. The average Bonchev–Trinajstić information content (AvgIpc) is 2.67. The molecule has 0 fully saturated rings. The van der Waals surface area contributed by atoms with Crippen molar-refractivity contribution in [3.05, 3.63) is 34.4 Å². The van der Waals surface area contributed by atoms with Gasteiger partial charge < -0.3 is 15.3 Å². The molecular weight excluding hydrogens is 336 g/mol. The molecule has 0 aromatic heterocycles. The highest BCUT2D eigenvalue weighted by Crippen LogP contribution is 2.24. The van der Waals surface area contributed by atoms with Gasteiger partial charge in [-0.2, -0.15) is 0 Å². The van der Waals surface area contributed by atoms with E-state index >= 15 is 0 Å². The van der Waals surface area contributed by atoms with E-state index in [0.29, 0.717) is 19.3 Å². The molecule has 0 radical (unpaired) electrons. The Balaban J connectivity index is 2.46. The first kappa shape index (κ1) is 24.1. The molecule has 3 heteroatoms. The second-order valence-corrected chi connectivity index (χ2v) is 7.69. The Morgan fingerprint density at radius 2 is 0.926 bits per heavy atom. The van der Waals surface area contributed by atoms with E-state index in [1.54, 1.807) is 0 Å². The van der Waals surface area contributed by atoms with E-state index in [0.717, 1.165) is 17.5 Å². The van der Waals surface area contributed by atoms with Crippen molar-refractivity contribution in [1.82, 2.24) is 0 Å². The van der Waals surface area contributed by atoms with Gasteiger partial charge in [-0.25, -0.2) is 0 Å². The Kier molecular flexibility index (Phi) is 14.4. The van der Waals surface area contributed by atoms with Crippen molar-refractivity contribution in [3.8, 4) is 0 Å². The standard InChI is InChI=1S/C24H42O3/c1-2-3-4-5-6-7-8-9-10-11-12-21-13-14-22(15-18-25)24(17-20-27)23(21)16-19-26/h13-14,25-27H,2-12,15-20H2,1H3. The number of aliphatic hydroxyl groups is 3. The fraction of sp³-hybridized carbons (Fsp3) is 0.750. The molecule has 1 aromatic rings. The summed E-state index contributed by atoms with van der Waals surface area (Å²) in [6, 6.07) is 4.28. The number of hydrogen-bond donors (Lipinski definition) is 3. The molecule has 0 saturated carbocycles. The predicted molar refractivity (Wildman–Crippen MR) is 114 cm³/mol. The normalized spacial score (nSPS) is 11.3. The zero-order chi connectivity index (χ0) is 19.7. The van der Waals surface area contributed by atoms with Gasteiger partial charge in [-0.05, 0) is 54.4 Å². The summed E-state index contributed by atoms with van der Waals surface area (Å²) >= 11 is 0. The van der Waals surface area contributed by atoms with Crippen molar-refractivity contribution in [3.63, 3.8) is 0 Å². The van der Waals surface area contributed by atoms with E-state index in [4.69, 9.17) is 0 Å². The van der Waals surface area contributed by atoms with Crippen molar-refractivity contribution < 1.29 is 15.3 Å². The van der Waals surface area contributed by atoms with Gasteiger partial charge in [-0.3, -0.25) is 0 Å². The third kappa shape index (κ3) is 9.73. The zero-order valence-corrected chi connectivity index (χ0v) is 17.5. The van der Waals surface area contributed by atoms with Gasteiger partial charge >= 0.3 is 0 Å². The Morgan fingerprint density at radius 3 is 1.37 bits per heavy atom. The van der Waals surface area contributed by atoms with Gasteiger partial charge in [-0.1, -0.05) is 76.8 Å². The second-order valence-electron chi connectivity index (χ2n) is 7.69. The average molecular weight is 379 g/mol. The van der Waals surface area contributed by atoms with Crippen LogP contribution in [0.4, 0.5) is 0 Å². The summed E-state index contributed by atoms with van der Waals surface area (Å²) in [5, 5.41) is 28.2. The van der Waals surface area contributed by atoms with Crippen molar-refractivity contribution in [2.45, 2.75) is 96.8 Å². The van der Waals surface area contributed by atoms with E-state index in [1.165, 1.54) is 75.3 Å². The van der Waals surface area contributed by atoms with Crippen LogP contribution in [0.5, 0.6) is 0 Å². The molecule has 0 aliphatic rings. The monoisotopic (exact) mass is 378 g/mol. The zero-order valence-electron chi connectivity index (χ0n) is 17.5. The Labute approximate surface area is 166 Å². The molecule has 27 heavy (non-hydrogen) atoms. The molecule has 0 aliphatic heterocycles. The highest BCUT2D eigenvalue weighted by atomic mass is 16.3. The molecule has 0 heterocycles. The molecule has 156 valence electrons. The fourth-order valence-electron chi connectivity index (χ4n) is 4.03. The number of aryl methyl sites for hydroxylation is 1. The third-order valence-electron chi connectivity index (χ3n) is 5.53. The van der Waals surface area contributed by atoms with Crippen LogP contribution < -0.4 is 0 Å². The molecular formula is C24H42O3. The topological polar surface area (TPSA) is 60.7 Å². The predicted octanol–water partition coefficient (Wildman–Crippen LogP) is 4.75. The lowest BCUT2D eigenvalue weighted by molar-refractivity contribution is 0.289. The van der Waals surface area contributed by atoms with E-state index in [2.05, 4.69) is 19.1 Å². The summed E-state index contributed by atoms with van der Waals surface area (Å²) in [5.41, 5.74) is 4.77. The number of hydrogen-bond acceptors (Lipinski definition) is 3. The lowest BCUT2D eigenvalue weighted by Crippen LogP contribution is -2.10. The van der Waals surface area contributed by atoms with Crippen molar-refractivity contribution in [1.29, 1.82) is 0 Å². The van der Waals surface area contributed by atoms with E-state index in [-0.39, 0.29) is 19.8 Å². The van der Waals surface area contributed by atoms with E-state index in [1.807, 2.05) is 0 Å². The molecule has 0 aliphatic carbocycles. The maximum Gasteiger partial charge on any atom is 0.0471 e. The van der Waals surface area contributed by atoms with Crippen LogP contribution in [0.2, 0.25) is 0 Å². The minimum atomic E-state index is 0.110. The van der Waals surface area contributed by atoms with Crippen LogP contribution in [0.3, 0.4) is 0 Å². The Bertz CT molecular complexity index is 485. The quantitative estimate of drug-likeness (QED) is 0.343. The Morgan fingerprint density at radius 1 is 0.519 bits per heavy atom. The smallest absolute Gasteiger partial charge is 0.0471 e. The Hall–Kier alpha value is -0.900. The lowest BCUT2D eigenvalue weighted by atomic mass is 9.88. The van der Waals surface area contributed by atoms with Crippen LogP contribution >= 0.6 is 0 Å². The molecule has 0 unspecified atom stereocenters. The molecule has 0 amide bonds. The van der Waals surface area contributed by atoms with Crippen LogP contribution in [0, 0.1) is 0 Å². The lowest BCUT2D eigenvalue weighted by Gasteiger charge is -2.18. The fourth-order valence-corrected chi connectivity index (χ4v) is 4.03. The van der Waals surface area contributed by atoms with Crippen LogP contribution in [0.25, 0.3) is 0 Å². The first-order chi connectivity index (χ1) is 13.3. The van der Waals surface area contributed by atoms with Crippen LogP contribution in [0.15, 0.2) is 12.1 Å². The van der Waals surface area contributed by atoms with Gasteiger partial charge in [0.1, 0.15) is 0 Å². The minimum absolute atomic E-state index is 0.110. The molecule has 0 bridgehead atoms. The molecule has 0 spiro atoms. The van der Waals surface area contributed by atoms with E-state index < -0.39 is 0 Å². The van der Waals surface area contributed by atoms with Gasteiger partial charge in [0.15, 0.2) is 0 Å². The number of benzene rings is 1. The second kappa shape index (κ2) is 16.1.